The number of amides is 2. The summed E-state index contributed by atoms with van der Waals surface area (Å²) in [5, 5.41) is 12.8. The summed E-state index contributed by atoms with van der Waals surface area (Å²) in [7, 11) is 0. The maximum Gasteiger partial charge on any atom is 0.322 e. The third-order valence-electron chi connectivity index (χ3n) is 5.59. The molecular formula is C18H21ClN4O. The van der Waals surface area contributed by atoms with Gasteiger partial charge in [0.05, 0.1) is 16.8 Å². The zero-order chi connectivity index (χ0) is 16.8. The highest BCUT2D eigenvalue weighted by atomic mass is 35.5. The predicted molar refractivity (Wildman–Crippen MR) is 94.3 cm³/mol. The van der Waals surface area contributed by atoms with Gasteiger partial charge >= 0.3 is 6.03 Å². The number of nitrogens with zero attached hydrogens (tertiary/aromatic N) is 3. The molecule has 3 heterocycles. The minimum atomic E-state index is -0.121. The standard InChI is InChI=1S/C18H21ClN4O/c1-11-6-14-9-15(7-11)23(14)18(24)21-12-2-3-16(19)17(8-12)22-5-4-13(22)10-20/h2-3,8,11,13-15H,4-7,9H2,1H3,(H,21,24)/t11?,13-,14+,15?/m0/s1. The van der Waals surface area contributed by atoms with Gasteiger partial charge in [-0.1, -0.05) is 18.5 Å². The lowest BCUT2D eigenvalue weighted by atomic mass is 9.74. The number of carbonyl (C=O) groups is 1. The second-order valence-corrected chi connectivity index (χ2v) is 7.66. The van der Waals surface area contributed by atoms with Crippen LogP contribution < -0.4 is 10.2 Å². The van der Waals surface area contributed by atoms with Gasteiger partial charge in [-0.25, -0.2) is 4.79 Å². The molecule has 2 unspecified atom stereocenters. The monoisotopic (exact) mass is 344 g/mol. The second kappa shape index (κ2) is 5.86. The Morgan fingerprint density at radius 3 is 2.71 bits per heavy atom. The van der Waals surface area contributed by atoms with Crippen molar-refractivity contribution in [3.8, 4) is 6.07 Å². The van der Waals surface area contributed by atoms with Crippen molar-refractivity contribution in [3.63, 3.8) is 0 Å². The Balaban J connectivity index is 1.47. The molecule has 1 saturated carbocycles. The molecule has 0 spiro atoms. The lowest BCUT2D eigenvalue weighted by Gasteiger charge is -2.54. The van der Waals surface area contributed by atoms with Gasteiger partial charge in [0, 0.05) is 24.3 Å². The minimum absolute atomic E-state index is 0.0168. The highest BCUT2D eigenvalue weighted by molar-refractivity contribution is 6.33. The largest absolute Gasteiger partial charge is 0.354 e. The number of halogens is 1. The van der Waals surface area contributed by atoms with Crippen LogP contribution in [0.25, 0.3) is 0 Å². The fraction of sp³-hybridized carbons (Fsp3) is 0.556. The molecular weight excluding hydrogens is 324 g/mol. The fourth-order valence-corrected chi connectivity index (χ4v) is 4.51. The first kappa shape index (κ1) is 15.6. The lowest BCUT2D eigenvalue weighted by molar-refractivity contribution is -0.00600. The van der Waals surface area contributed by atoms with Crippen LogP contribution in [0.3, 0.4) is 0 Å². The van der Waals surface area contributed by atoms with Gasteiger partial charge < -0.3 is 15.1 Å². The summed E-state index contributed by atoms with van der Waals surface area (Å²) < 4.78 is 0. The van der Waals surface area contributed by atoms with Gasteiger partial charge in [0.25, 0.3) is 0 Å². The number of nitrogens with one attached hydrogen (secondary N) is 1. The lowest BCUT2D eigenvalue weighted by Crippen LogP contribution is -2.63. The Morgan fingerprint density at radius 1 is 1.33 bits per heavy atom. The van der Waals surface area contributed by atoms with Crippen molar-refractivity contribution < 1.29 is 4.79 Å². The molecule has 5 nitrogen and oxygen atoms in total. The summed E-state index contributed by atoms with van der Waals surface area (Å²) in [6.45, 7) is 3.09. The van der Waals surface area contributed by atoms with E-state index in [1.165, 1.54) is 0 Å². The zero-order valence-electron chi connectivity index (χ0n) is 13.7. The van der Waals surface area contributed by atoms with Gasteiger partial charge in [0.15, 0.2) is 0 Å². The van der Waals surface area contributed by atoms with Crippen molar-refractivity contribution in [1.29, 1.82) is 5.26 Å². The highest BCUT2D eigenvalue weighted by Gasteiger charge is 2.46. The van der Waals surface area contributed by atoms with E-state index >= 15 is 0 Å². The van der Waals surface area contributed by atoms with E-state index in [-0.39, 0.29) is 12.1 Å². The van der Waals surface area contributed by atoms with Crippen molar-refractivity contribution in [3.05, 3.63) is 23.2 Å². The van der Waals surface area contributed by atoms with Crippen LogP contribution >= 0.6 is 11.6 Å². The summed E-state index contributed by atoms with van der Waals surface area (Å²) in [5.41, 5.74) is 1.56. The summed E-state index contributed by atoms with van der Waals surface area (Å²) in [6.07, 6.45) is 4.21. The minimum Gasteiger partial charge on any atom is -0.354 e. The van der Waals surface area contributed by atoms with Crippen molar-refractivity contribution in [2.45, 2.75) is 50.7 Å². The molecule has 3 saturated heterocycles. The van der Waals surface area contributed by atoms with Crippen molar-refractivity contribution >= 4 is 29.0 Å². The zero-order valence-corrected chi connectivity index (χ0v) is 14.5. The van der Waals surface area contributed by atoms with Crippen LogP contribution in [0, 0.1) is 17.2 Å². The Kier molecular flexibility index (Phi) is 3.80. The van der Waals surface area contributed by atoms with Crippen LogP contribution in [0.2, 0.25) is 5.02 Å². The number of piperidine rings is 1. The first-order valence-corrected chi connectivity index (χ1v) is 8.99. The number of fused-ring (bicyclic) bond motifs is 2. The molecule has 126 valence electrons. The Morgan fingerprint density at radius 2 is 2.08 bits per heavy atom. The van der Waals surface area contributed by atoms with Gasteiger partial charge in [0.2, 0.25) is 0 Å². The third-order valence-corrected chi connectivity index (χ3v) is 5.91. The van der Waals surface area contributed by atoms with E-state index in [0.717, 1.165) is 43.6 Å². The number of hydrogen-bond donors (Lipinski definition) is 1. The van der Waals surface area contributed by atoms with Gasteiger partial charge in [-0.05, 0) is 49.8 Å². The molecule has 1 aromatic rings. The Hall–Kier alpha value is -1.93. The topological polar surface area (TPSA) is 59.4 Å². The maximum atomic E-state index is 12.6. The number of carbonyl (C=O) groups excluding carboxylic acids is 1. The molecule has 4 atom stereocenters. The predicted octanol–water partition coefficient (Wildman–Crippen LogP) is 3.85. The highest BCUT2D eigenvalue weighted by Crippen LogP contribution is 2.41. The van der Waals surface area contributed by atoms with Crippen LogP contribution in [-0.2, 0) is 0 Å². The number of nitriles is 1. The normalized spacial score (nSPS) is 30.9. The smallest absolute Gasteiger partial charge is 0.322 e. The number of hydrogen-bond acceptors (Lipinski definition) is 3. The van der Waals surface area contributed by atoms with E-state index in [1.54, 1.807) is 6.07 Å². The molecule has 6 heteroatoms. The van der Waals surface area contributed by atoms with Crippen molar-refractivity contribution in [2.75, 3.05) is 16.8 Å². The van der Waals surface area contributed by atoms with Crippen LogP contribution in [-0.4, -0.2) is 35.6 Å². The first-order valence-electron chi connectivity index (χ1n) is 8.62. The molecule has 1 N–H and O–H groups in total. The molecule has 1 aliphatic carbocycles. The number of urea groups is 1. The van der Waals surface area contributed by atoms with Crippen LogP contribution in [0.15, 0.2) is 18.2 Å². The van der Waals surface area contributed by atoms with Crippen LogP contribution in [0.1, 0.15) is 32.6 Å². The summed E-state index contributed by atoms with van der Waals surface area (Å²) >= 11 is 6.28. The summed E-state index contributed by atoms with van der Waals surface area (Å²) in [4.78, 5) is 16.6. The van der Waals surface area contributed by atoms with Gasteiger partial charge in [0.1, 0.15) is 6.04 Å². The average molecular weight is 345 g/mol. The Bertz CT molecular complexity index is 703. The Labute approximate surface area is 147 Å². The number of anilines is 2. The third kappa shape index (κ3) is 2.50. The second-order valence-electron chi connectivity index (χ2n) is 7.25. The first-order chi connectivity index (χ1) is 11.6. The van der Waals surface area contributed by atoms with Crippen molar-refractivity contribution in [1.82, 2.24) is 4.90 Å². The van der Waals surface area contributed by atoms with E-state index in [1.807, 2.05) is 21.9 Å². The molecule has 5 rings (SSSR count). The molecule has 0 aromatic heterocycles. The molecule has 1 aromatic carbocycles. The SMILES string of the molecule is CC1CC2C[C@@H](C1)N2C(=O)Nc1ccc(Cl)c(N2CC[C@H]2C#N)c1. The van der Waals surface area contributed by atoms with Crippen LogP contribution in [0.5, 0.6) is 0 Å². The average Bonchev–Trinajstić information content (AvgIpc) is 2.49. The molecule has 24 heavy (non-hydrogen) atoms. The molecule has 2 amide bonds. The van der Waals surface area contributed by atoms with Gasteiger partial charge in [-0.15, -0.1) is 0 Å². The molecule has 3 aliphatic heterocycles. The summed E-state index contributed by atoms with van der Waals surface area (Å²) in [5.74, 6) is 0.717. The fourth-order valence-electron chi connectivity index (χ4n) is 4.29. The van der Waals surface area contributed by atoms with Gasteiger partial charge in [-0.2, -0.15) is 5.26 Å². The molecule has 0 radical (unpaired) electrons. The van der Waals surface area contributed by atoms with E-state index in [0.29, 0.717) is 23.0 Å². The quantitative estimate of drug-likeness (QED) is 0.886. The molecule has 2 bridgehead atoms. The maximum absolute atomic E-state index is 12.6. The molecule has 4 aliphatic rings. The van der Waals surface area contributed by atoms with E-state index in [2.05, 4.69) is 18.3 Å². The molecule has 4 fully saturated rings. The van der Waals surface area contributed by atoms with E-state index < -0.39 is 0 Å². The van der Waals surface area contributed by atoms with E-state index in [4.69, 9.17) is 16.9 Å². The number of benzene rings is 1. The van der Waals surface area contributed by atoms with Crippen LogP contribution in [0.4, 0.5) is 16.2 Å². The number of rotatable bonds is 2. The van der Waals surface area contributed by atoms with Gasteiger partial charge in [-0.3, -0.25) is 0 Å². The summed E-state index contributed by atoms with van der Waals surface area (Å²) in [6, 6.07) is 8.41. The van der Waals surface area contributed by atoms with E-state index in [9.17, 15) is 4.79 Å². The van der Waals surface area contributed by atoms with Crippen molar-refractivity contribution in [2.24, 2.45) is 5.92 Å².